The summed E-state index contributed by atoms with van der Waals surface area (Å²) in [6.07, 6.45) is 0. The minimum absolute atomic E-state index is 0.173. The summed E-state index contributed by atoms with van der Waals surface area (Å²) in [6.45, 7) is 1.76. The molecule has 1 atom stereocenters. The van der Waals surface area contributed by atoms with E-state index in [1.807, 2.05) is 0 Å². The number of halogens is 1. The van der Waals surface area contributed by atoms with Gasteiger partial charge in [-0.15, -0.1) is 0 Å². The number of benzene rings is 2. The number of rotatable bonds is 6. The highest BCUT2D eigenvalue weighted by Crippen LogP contribution is 2.30. The number of nitro benzene ring substituents is 1. The lowest BCUT2D eigenvalue weighted by Crippen LogP contribution is -2.19. The molecule has 0 saturated heterocycles. The lowest BCUT2D eigenvalue weighted by Gasteiger charge is -2.16. The van der Waals surface area contributed by atoms with E-state index in [0.717, 1.165) is 11.6 Å². The first-order valence-corrected chi connectivity index (χ1v) is 8.47. The Morgan fingerprint density at radius 2 is 1.79 bits per heavy atom. The van der Waals surface area contributed by atoms with E-state index in [1.165, 1.54) is 31.3 Å². The Balaban J connectivity index is 2.36. The van der Waals surface area contributed by atoms with Crippen LogP contribution in [-0.2, 0) is 10.0 Å². The average molecular weight is 353 g/mol. The second kappa shape index (κ2) is 6.93. The van der Waals surface area contributed by atoms with E-state index in [-0.39, 0.29) is 28.1 Å². The first-order chi connectivity index (χ1) is 11.2. The lowest BCUT2D eigenvalue weighted by molar-refractivity contribution is -0.384. The minimum Gasteiger partial charge on any atom is -0.373 e. The fourth-order valence-electron chi connectivity index (χ4n) is 2.14. The Labute approximate surface area is 138 Å². The van der Waals surface area contributed by atoms with E-state index in [1.54, 1.807) is 19.1 Å². The summed E-state index contributed by atoms with van der Waals surface area (Å²) < 4.78 is 38.6. The molecule has 0 aliphatic carbocycles. The van der Waals surface area contributed by atoms with Crippen molar-refractivity contribution in [2.75, 3.05) is 12.4 Å². The zero-order chi connectivity index (χ0) is 17.9. The van der Waals surface area contributed by atoms with Crippen LogP contribution in [0.15, 0.2) is 47.4 Å². The molecule has 7 nitrogen and oxygen atoms in total. The van der Waals surface area contributed by atoms with Gasteiger partial charge < -0.3 is 5.32 Å². The largest absolute Gasteiger partial charge is 0.373 e. The summed E-state index contributed by atoms with van der Waals surface area (Å²) >= 11 is 0. The smallest absolute Gasteiger partial charge is 0.293 e. The molecule has 24 heavy (non-hydrogen) atoms. The number of hydrogen-bond donors (Lipinski definition) is 2. The molecule has 0 aromatic heterocycles. The molecular weight excluding hydrogens is 337 g/mol. The number of nitrogens with zero attached hydrogens (tertiary/aromatic N) is 1. The molecule has 0 unspecified atom stereocenters. The third-order valence-corrected chi connectivity index (χ3v) is 4.90. The molecule has 0 fully saturated rings. The predicted octanol–water partition coefficient (Wildman–Crippen LogP) is 2.82. The van der Waals surface area contributed by atoms with Gasteiger partial charge >= 0.3 is 0 Å². The molecule has 0 aliphatic heterocycles. The van der Waals surface area contributed by atoms with E-state index < -0.39 is 14.9 Å². The molecule has 0 aliphatic rings. The van der Waals surface area contributed by atoms with Crippen LogP contribution in [0.5, 0.6) is 0 Å². The first-order valence-electron chi connectivity index (χ1n) is 6.98. The van der Waals surface area contributed by atoms with Crippen molar-refractivity contribution in [3.8, 4) is 0 Å². The van der Waals surface area contributed by atoms with Crippen LogP contribution in [0.4, 0.5) is 15.8 Å². The van der Waals surface area contributed by atoms with Crippen LogP contribution in [0, 0.1) is 15.9 Å². The van der Waals surface area contributed by atoms with Crippen LogP contribution >= 0.6 is 0 Å². The van der Waals surface area contributed by atoms with Gasteiger partial charge in [-0.2, -0.15) is 0 Å². The summed E-state index contributed by atoms with van der Waals surface area (Å²) in [5.74, 6) is -0.376. The average Bonchev–Trinajstić information content (AvgIpc) is 2.55. The number of nitro groups is 1. The van der Waals surface area contributed by atoms with Crippen molar-refractivity contribution < 1.29 is 17.7 Å². The number of sulfonamides is 1. The van der Waals surface area contributed by atoms with Gasteiger partial charge in [-0.3, -0.25) is 10.1 Å². The Kier molecular flexibility index (Phi) is 5.15. The van der Waals surface area contributed by atoms with Gasteiger partial charge in [-0.05, 0) is 43.8 Å². The highest BCUT2D eigenvalue weighted by atomic mass is 32.2. The zero-order valence-electron chi connectivity index (χ0n) is 13.0. The first kappa shape index (κ1) is 17.8. The van der Waals surface area contributed by atoms with Crippen LogP contribution in [0.2, 0.25) is 0 Å². The molecule has 2 N–H and O–H groups in total. The van der Waals surface area contributed by atoms with Gasteiger partial charge in [0.05, 0.1) is 9.82 Å². The summed E-state index contributed by atoms with van der Waals surface area (Å²) in [4.78, 5) is 10.4. The van der Waals surface area contributed by atoms with Gasteiger partial charge in [0.15, 0.2) is 0 Å². The van der Waals surface area contributed by atoms with Crippen molar-refractivity contribution in [3.63, 3.8) is 0 Å². The molecule has 0 saturated carbocycles. The van der Waals surface area contributed by atoms with Crippen molar-refractivity contribution in [1.29, 1.82) is 0 Å². The maximum Gasteiger partial charge on any atom is 0.293 e. The van der Waals surface area contributed by atoms with Crippen LogP contribution in [0.3, 0.4) is 0 Å². The minimum atomic E-state index is -3.78. The van der Waals surface area contributed by atoms with E-state index in [2.05, 4.69) is 10.0 Å². The molecule has 0 heterocycles. The van der Waals surface area contributed by atoms with Crippen molar-refractivity contribution in [2.24, 2.45) is 0 Å². The van der Waals surface area contributed by atoms with Gasteiger partial charge in [-0.25, -0.2) is 17.5 Å². The molecule has 0 amide bonds. The van der Waals surface area contributed by atoms with Crippen molar-refractivity contribution in [3.05, 3.63) is 64.0 Å². The third kappa shape index (κ3) is 3.87. The molecule has 2 aromatic rings. The fourth-order valence-corrected chi connectivity index (χ4v) is 2.89. The Hall–Kier alpha value is -2.52. The zero-order valence-corrected chi connectivity index (χ0v) is 13.8. The molecule has 128 valence electrons. The normalized spacial score (nSPS) is 12.6. The molecule has 9 heteroatoms. The lowest BCUT2D eigenvalue weighted by atomic mass is 10.1. The summed E-state index contributed by atoms with van der Waals surface area (Å²) in [6, 6.07) is 9.00. The Morgan fingerprint density at radius 3 is 2.33 bits per heavy atom. The second-order valence-electron chi connectivity index (χ2n) is 5.06. The summed E-state index contributed by atoms with van der Waals surface area (Å²) in [5.41, 5.74) is 0.546. The maximum atomic E-state index is 13.0. The predicted molar refractivity (Wildman–Crippen MR) is 87.8 cm³/mol. The van der Waals surface area contributed by atoms with Crippen LogP contribution in [0.25, 0.3) is 0 Å². The van der Waals surface area contributed by atoms with E-state index in [9.17, 15) is 22.9 Å². The topological polar surface area (TPSA) is 101 Å². The molecule has 0 radical (unpaired) electrons. The van der Waals surface area contributed by atoms with Gasteiger partial charge in [0.2, 0.25) is 10.0 Å². The number of anilines is 1. The standard InChI is InChI=1S/C15H16FN3O4S/c1-10(11-3-5-12(16)6-4-11)18-14-8-7-13(24(22,23)17-2)9-15(14)19(20)21/h3-10,17-18H,1-2H3/t10-/m0/s1. The van der Waals surface area contributed by atoms with Gasteiger partial charge in [0, 0.05) is 12.1 Å². The monoisotopic (exact) mass is 353 g/mol. The Morgan fingerprint density at radius 1 is 1.17 bits per heavy atom. The van der Waals surface area contributed by atoms with Gasteiger partial charge in [0.1, 0.15) is 11.5 Å². The maximum absolute atomic E-state index is 13.0. The number of hydrogen-bond acceptors (Lipinski definition) is 5. The van der Waals surface area contributed by atoms with Crippen molar-refractivity contribution in [2.45, 2.75) is 17.9 Å². The van der Waals surface area contributed by atoms with Crippen molar-refractivity contribution >= 4 is 21.4 Å². The van der Waals surface area contributed by atoms with E-state index in [4.69, 9.17) is 0 Å². The summed E-state index contributed by atoms with van der Waals surface area (Å²) in [7, 11) is -2.55. The van der Waals surface area contributed by atoms with Gasteiger partial charge in [-0.1, -0.05) is 12.1 Å². The van der Waals surface area contributed by atoms with Gasteiger partial charge in [0.25, 0.3) is 5.69 Å². The number of nitrogens with one attached hydrogen (secondary N) is 2. The Bertz CT molecular complexity index is 854. The van der Waals surface area contributed by atoms with Crippen LogP contribution in [-0.4, -0.2) is 20.4 Å². The van der Waals surface area contributed by atoms with Crippen LogP contribution < -0.4 is 10.0 Å². The molecule has 0 spiro atoms. The SMILES string of the molecule is CNS(=O)(=O)c1ccc(N[C@@H](C)c2ccc(F)cc2)c([N+](=O)[O-])c1. The van der Waals surface area contributed by atoms with E-state index >= 15 is 0 Å². The van der Waals surface area contributed by atoms with E-state index in [0.29, 0.717) is 0 Å². The van der Waals surface area contributed by atoms with Crippen molar-refractivity contribution in [1.82, 2.24) is 4.72 Å². The highest BCUT2D eigenvalue weighted by molar-refractivity contribution is 7.89. The third-order valence-electron chi connectivity index (χ3n) is 3.49. The molecule has 0 bridgehead atoms. The fraction of sp³-hybridized carbons (Fsp3) is 0.200. The summed E-state index contributed by atoms with van der Waals surface area (Å²) in [5, 5.41) is 14.2. The molecule has 2 rings (SSSR count). The second-order valence-corrected chi connectivity index (χ2v) is 6.95. The van der Waals surface area contributed by atoms with Crippen LogP contribution in [0.1, 0.15) is 18.5 Å². The quantitative estimate of drug-likeness (QED) is 0.614. The highest BCUT2D eigenvalue weighted by Gasteiger charge is 2.21. The molecule has 2 aromatic carbocycles. The molecular formula is C15H16FN3O4S.